The molecule has 0 heterocycles. The zero-order valence-electron chi connectivity index (χ0n) is 6.60. The van der Waals surface area contributed by atoms with Crippen molar-refractivity contribution in [1.29, 1.82) is 0 Å². The molecule has 0 aliphatic carbocycles. The number of unbranched alkanes of at least 4 members (excludes halogenated alkanes) is 1. The van der Waals surface area contributed by atoms with Crippen LogP contribution in [0.1, 0.15) is 13.3 Å². The van der Waals surface area contributed by atoms with Gasteiger partial charge in [0, 0.05) is 7.05 Å². The van der Waals surface area contributed by atoms with Gasteiger partial charge in [-0.05, 0) is 12.8 Å². The van der Waals surface area contributed by atoms with Gasteiger partial charge in [0.1, 0.15) is 0 Å². The first-order chi connectivity index (χ1) is 5.16. The molecule has 0 aliphatic heterocycles. The van der Waals surface area contributed by atoms with E-state index in [0.29, 0.717) is 6.54 Å². The molecule has 0 aromatic rings. The van der Waals surface area contributed by atoms with Crippen molar-refractivity contribution >= 4 is 0 Å². The van der Waals surface area contributed by atoms with E-state index in [9.17, 15) is 10.1 Å². The first-order valence-electron chi connectivity index (χ1n) is 3.21. The van der Waals surface area contributed by atoms with Crippen LogP contribution in [0.15, 0.2) is 10.4 Å². The highest BCUT2D eigenvalue weighted by atomic mass is 16.7. The first kappa shape index (κ1) is 9.80. The Morgan fingerprint density at radius 3 is 2.82 bits per heavy atom. The monoisotopic (exact) mass is 159 g/mol. The van der Waals surface area contributed by atoms with Crippen LogP contribution >= 0.6 is 0 Å². The molecule has 1 radical (unpaired) electrons. The van der Waals surface area contributed by atoms with Crippen molar-refractivity contribution < 1.29 is 5.03 Å². The number of hydrogen-bond donors (Lipinski definition) is 0. The van der Waals surface area contributed by atoms with Crippen LogP contribution < -0.4 is 0 Å². The fourth-order valence-electron chi connectivity index (χ4n) is 0.462. The van der Waals surface area contributed by atoms with Gasteiger partial charge in [0.25, 0.3) is 0 Å². The second-order valence-electron chi connectivity index (χ2n) is 1.99. The summed E-state index contributed by atoms with van der Waals surface area (Å²) in [4.78, 5) is 9.69. The van der Waals surface area contributed by atoms with Crippen molar-refractivity contribution in [2.45, 2.75) is 13.3 Å². The first-order valence-corrected chi connectivity index (χ1v) is 3.21. The van der Waals surface area contributed by atoms with E-state index in [4.69, 9.17) is 0 Å². The van der Waals surface area contributed by atoms with E-state index in [0.717, 1.165) is 6.42 Å². The number of nitro groups is 1. The Hall–Kier alpha value is -1.20. The quantitative estimate of drug-likeness (QED) is 0.342. The van der Waals surface area contributed by atoms with Crippen molar-refractivity contribution in [3.05, 3.63) is 16.5 Å². The van der Waals surface area contributed by atoms with Crippen molar-refractivity contribution in [3.8, 4) is 0 Å². The second-order valence-corrected chi connectivity index (χ2v) is 1.99. The third-order valence-electron chi connectivity index (χ3n) is 1.01. The predicted octanol–water partition coefficient (Wildman–Crippen LogP) is 1.09. The summed E-state index contributed by atoms with van der Waals surface area (Å²) in [6.07, 6.45) is 2.80. The van der Waals surface area contributed by atoms with Crippen LogP contribution in [0.25, 0.3) is 0 Å². The smallest absolute Gasteiger partial charge is 0.207 e. The summed E-state index contributed by atoms with van der Waals surface area (Å²) in [6.45, 7) is 2.56. The van der Waals surface area contributed by atoms with Crippen LogP contribution in [0, 0.1) is 16.5 Å². The van der Waals surface area contributed by atoms with Gasteiger partial charge in [0.15, 0.2) is 5.22 Å². The molecule has 0 aliphatic rings. The maximum atomic E-state index is 9.69. The SMILES string of the molecule is C[CH]CCN(C)N=N[N+](=O)[O-]. The van der Waals surface area contributed by atoms with Crippen LogP contribution in [-0.2, 0) is 0 Å². The van der Waals surface area contributed by atoms with Crippen LogP contribution in [0.5, 0.6) is 0 Å². The van der Waals surface area contributed by atoms with Gasteiger partial charge in [-0.15, -0.1) is 0 Å². The van der Waals surface area contributed by atoms with Crippen LogP contribution in [0.4, 0.5) is 0 Å². The maximum Gasteiger partial charge on any atom is 0.207 e. The average molecular weight is 159 g/mol. The largest absolute Gasteiger partial charge is 0.337 e. The highest BCUT2D eigenvalue weighted by Crippen LogP contribution is 1.91. The highest BCUT2D eigenvalue weighted by molar-refractivity contribution is 4.56. The highest BCUT2D eigenvalue weighted by Gasteiger charge is 1.98. The lowest BCUT2D eigenvalue weighted by Gasteiger charge is -2.00. The molecular formula is C5H11N4O2. The molecule has 6 nitrogen and oxygen atoms in total. The molecule has 0 saturated heterocycles. The van der Waals surface area contributed by atoms with Gasteiger partial charge in [-0.25, -0.2) is 0 Å². The molecule has 0 rings (SSSR count). The number of hydrogen-bond acceptors (Lipinski definition) is 3. The van der Waals surface area contributed by atoms with Gasteiger partial charge in [-0.3, -0.25) is 0 Å². The Balaban J connectivity index is 3.50. The topological polar surface area (TPSA) is 71.1 Å². The van der Waals surface area contributed by atoms with Crippen molar-refractivity contribution in [1.82, 2.24) is 5.01 Å². The molecule has 0 fully saturated rings. The lowest BCUT2D eigenvalue weighted by atomic mass is 10.3. The van der Waals surface area contributed by atoms with Gasteiger partial charge in [0.05, 0.1) is 11.6 Å². The molecule has 0 N–H and O–H groups in total. The minimum Gasteiger partial charge on any atom is -0.337 e. The Bertz CT molecular complexity index is 147. The van der Waals surface area contributed by atoms with E-state index >= 15 is 0 Å². The Labute approximate surface area is 65.0 Å². The normalized spacial score (nSPS) is 10.4. The lowest BCUT2D eigenvalue weighted by Crippen LogP contribution is -2.11. The van der Waals surface area contributed by atoms with Gasteiger partial charge in [-0.1, -0.05) is 6.92 Å². The summed E-state index contributed by atoms with van der Waals surface area (Å²) in [7, 11) is 1.64. The van der Waals surface area contributed by atoms with Crippen LogP contribution in [-0.4, -0.2) is 23.6 Å². The standard InChI is InChI=1S/C5H11N4O2/c1-3-4-5-8(2)6-7-9(10)11/h3H,4-5H2,1-2H3. The Morgan fingerprint density at radius 2 is 2.36 bits per heavy atom. The van der Waals surface area contributed by atoms with E-state index < -0.39 is 5.03 Å². The van der Waals surface area contributed by atoms with Gasteiger partial charge >= 0.3 is 0 Å². The summed E-state index contributed by atoms with van der Waals surface area (Å²) in [5, 5.41) is 16.3. The number of rotatable bonds is 5. The van der Waals surface area contributed by atoms with Crippen molar-refractivity contribution in [2.24, 2.45) is 10.4 Å². The molecule has 0 amide bonds. The number of nitrogens with zero attached hydrogens (tertiary/aromatic N) is 4. The molecule has 0 aromatic carbocycles. The average Bonchev–Trinajstić information content (AvgIpc) is 1.97. The molecule has 6 heteroatoms. The minimum atomic E-state index is -0.827. The lowest BCUT2D eigenvalue weighted by molar-refractivity contribution is -0.496. The van der Waals surface area contributed by atoms with Gasteiger partial charge in [0.2, 0.25) is 5.22 Å². The van der Waals surface area contributed by atoms with Gasteiger partial charge in [-0.2, -0.15) is 5.01 Å². The molecule has 0 aromatic heterocycles. The molecule has 63 valence electrons. The summed E-state index contributed by atoms with van der Waals surface area (Å²) in [6, 6.07) is 0. The zero-order chi connectivity index (χ0) is 8.69. The predicted molar refractivity (Wildman–Crippen MR) is 39.1 cm³/mol. The third kappa shape index (κ3) is 6.69. The molecular weight excluding hydrogens is 148 g/mol. The summed E-state index contributed by atoms with van der Waals surface area (Å²) >= 11 is 0. The molecule has 0 saturated carbocycles. The van der Waals surface area contributed by atoms with E-state index in [1.54, 1.807) is 7.05 Å². The van der Waals surface area contributed by atoms with Gasteiger partial charge < -0.3 is 10.1 Å². The van der Waals surface area contributed by atoms with E-state index in [1.807, 2.05) is 13.3 Å². The molecule has 11 heavy (non-hydrogen) atoms. The van der Waals surface area contributed by atoms with E-state index in [2.05, 4.69) is 10.4 Å². The molecule has 0 bridgehead atoms. The second kappa shape index (κ2) is 5.57. The van der Waals surface area contributed by atoms with Crippen molar-refractivity contribution in [3.63, 3.8) is 0 Å². The summed E-state index contributed by atoms with van der Waals surface area (Å²) in [5.41, 5.74) is 0. The maximum absolute atomic E-state index is 9.69. The molecule has 0 unspecified atom stereocenters. The Kier molecular flexibility index (Phi) is 4.97. The fraction of sp³-hybridized carbons (Fsp3) is 0.800. The zero-order valence-corrected chi connectivity index (χ0v) is 6.60. The fourth-order valence-corrected chi connectivity index (χ4v) is 0.462. The third-order valence-corrected chi connectivity index (χ3v) is 1.01. The molecule has 0 spiro atoms. The summed E-state index contributed by atoms with van der Waals surface area (Å²) < 4.78 is 0. The Morgan fingerprint density at radius 1 is 1.73 bits per heavy atom. The van der Waals surface area contributed by atoms with Crippen LogP contribution in [0.2, 0.25) is 0 Å². The van der Waals surface area contributed by atoms with E-state index in [1.165, 1.54) is 5.01 Å². The van der Waals surface area contributed by atoms with E-state index in [-0.39, 0.29) is 0 Å². The van der Waals surface area contributed by atoms with Crippen molar-refractivity contribution in [2.75, 3.05) is 13.6 Å². The summed E-state index contributed by atoms with van der Waals surface area (Å²) in [5.74, 6) is 0. The molecule has 0 atom stereocenters. The minimum absolute atomic E-state index is 0.647. The van der Waals surface area contributed by atoms with Crippen LogP contribution in [0.3, 0.4) is 0 Å².